The van der Waals surface area contributed by atoms with Crippen LogP contribution in [0.15, 0.2) is 12.2 Å². The van der Waals surface area contributed by atoms with Crippen molar-refractivity contribution in [1.29, 1.82) is 0 Å². The zero-order valence-corrected chi connectivity index (χ0v) is 7.57. The number of hydrogen-bond acceptors (Lipinski definition) is 4. The van der Waals surface area contributed by atoms with Crippen molar-refractivity contribution in [3.05, 3.63) is 12.2 Å². The molecule has 1 rings (SSSR count). The van der Waals surface area contributed by atoms with Crippen molar-refractivity contribution in [2.75, 3.05) is 27.9 Å². The van der Waals surface area contributed by atoms with Crippen LogP contribution in [0.5, 0.6) is 0 Å². The lowest BCUT2D eigenvalue weighted by Gasteiger charge is -2.25. The molecule has 0 saturated heterocycles. The van der Waals surface area contributed by atoms with E-state index >= 15 is 0 Å². The normalized spacial score (nSPS) is 34.4. The Morgan fingerprint density at radius 1 is 1.42 bits per heavy atom. The molecule has 1 aliphatic heterocycles. The standard InChI is InChI=1S/C8H14O4/c1-9-6-8(11-3)5-4-7(10-2)12-8/h4-5,7H,6H2,1-3H3. The van der Waals surface area contributed by atoms with Crippen LogP contribution >= 0.6 is 0 Å². The van der Waals surface area contributed by atoms with Gasteiger partial charge in [0.2, 0.25) is 5.79 Å². The second kappa shape index (κ2) is 4.00. The third kappa shape index (κ3) is 1.84. The van der Waals surface area contributed by atoms with E-state index < -0.39 is 5.79 Å². The Kier molecular flexibility index (Phi) is 3.22. The van der Waals surface area contributed by atoms with Crippen molar-refractivity contribution in [1.82, 2.24) is 0 Å². The van der Waals surface area contributed by atoms with Crippen LogP contribution in [0.1, 0.15) is 0 Å². The maximum atomic E-state index is 5.41. The van der Waals surface area contributed by atoms with Crippen LogP contribution in [-0.2, 0) is 18.9 Å². The van der Waals surface area contributed by atoms with Crippen molar-refractivity contribution in [2.24, 2.45) is 0 Å². The molecule has 70 valence electrons. The third-order valence-corrected chi connectivity index (χ3v) is 1.75. The van der Waals surface area contributed by atoms with Crippen molar-refractivity contribution in [2.45, 2.75) is 12.1 Å². The lowest BCUT2D eigenvalue weighted by atomic mass is 10.3. The van der Waals surface area contributed by atoms with E-state index in [0.717, 1.165) is 0 Å². The molecule has 0 saturated carbocycles. The van der Waals surface area contributed by atoms with Crippen molar-refractivity contribution >= 4 is 0 Å². The highest BCUT2D eigenvalue weighted by molar-refractivity contribution is 5.04. The molecule has 2 atom stereocenters. The lowest BCUT2D eigenvalue weighted by Crippen LogP contribution is -2.36. The van der Waals surface area contributed by atoms with Gasteiger partial charge in [-0.3, -0.25) is 0 Å². The Labute approximate surface area is 72.1 Å². The number of hydrogen-bond donors (Lipinski definition) is 0. The first-order valence-corrected chi connectivity index (χ1v) is 3.70. The smallest absolute Gasteiger partial charge is 0.214 e. The van der Waals surface area contributed by atoms with Gasteiger partial charge in [-0.2, -0.15) is 0 Å². The summed E-state index contributed by atoms with van der Waals surface area (Å²) in [7, 11) is 4.74. The van der Waals surface area contributed by atoms with Crippen LogP contribution < -0.4 is 0 Å². The van der Waals surface area contributed by atoms with E-state index in [4.69, 9.17) is 18.9 Å². The molecule has 0 aromatic heterocycles. The van der Waals surface area contributed by atoms with E-state index in [2.05, 4.69) is 0 Å². The van der Waals surface area contributed by atoms with Gasteiger partial charge in [0.15, 0.2) is 6.29 Å². The van der Waals surface area contributed by atoms with Crippen LogP contribution in [0.2, 0.25) is 0 Å². The molecule has 0 spiro atoms. The number of ether oxygens (including phenoxy) is 4. The molecule has 0 fully saturated rings. The molecular weight excluding hydrogens is 160 g/mol. The van der Waals surface area contributed by atoms with Gasteiger partial charge in [0.05, 0.1) is 0 Å². The second-order valence-corrected chi connectivity index (χ2v) is 2.53. The predicted molar refractivity (Wildman–Crippen MR) is 42.6 cm³/mol. The number of rotatable bonds is 4. The van der Waals surface area contributed by atoms with Gasteiger partial charge >= 0.3 is 0 Å². The maximum Gasteiger partial charge on any atom is 0.214 e. The van der Waals surface area contributed by atoms with E-state index in [1.54, 1.807) is 33.5 Å². The zero-order valence-electron chi connectivity index (χ0n) is 7.57. The molecule has 0 radical (unpaired) electrons. The first-order chi connectivity index (χ1) is 5.76. The first-order valence-electron chi connectivity index (χ1n) is 3.70. The van der Waals surface area contributed by atoms with Gasteiger partial charge in [0.25, 0.3) is 0 Å². The summed E-state index contributed by atoms with van der Waals surface area (Å²) >= 11 is 0. The molecule has 12 heavy (non-hydrogen) atoms. The Morgan fingerprint density at radius 3 is 2.58 bits per heavy atom. The lowest BCUT2D eigenvalue weighted by molar-refractivity contribution is -0.258. The van der Waals surface area contributed by atoms with Crippen molar-refractivity contribution in [3.63, 3.8) is 0 Å². The van der Waals surface area contributed by atoms with Gasteiger partial charge in [-0.15, -0.1) is 0 Å². The monoisotopic (exact) mass is 174 g/mol. The molecule has 0 aliphatic carbocycles. The summed E-state index contributed by atoms with van der Waals surface area (Å²) in [4.78, 5) is 0. The summed E-state index contributed by atoms with van der Waals surface area (Å²) in [5.74, 6) is -0.768. The fourth-order valence-corrected chi connectivity index (χ4v) is 1.09. The predicted octanol–water partition coefficient (Wildman–Crippen LogP) is 0.534. The van der Waals surface area contributed by atoms with Crippen LogP contribution in [0, 0.1) is 0 Å². The minimum atomic E-state index is -0.768. The molecule has 0 amide bonds. The summed E-state index contributed by atoms with van der Waals surface area (Å²) in [5.41, 5.74) is 0. The Morgan fingerprint density at radius 2 is 2.17 bits per heavy atom. The molecule has 4 heteroatoms. The van der Waals surface area contributed by atoms with E-state index in [1.165, 1.54) is 0 Å². The first kappa shape index (κ1) is 9.67. The van der Waals surface area contributed by atoms with Gasteiger partial charge in [-0.05, 0) is 12.2 Å². The van der Waals surface area contributed by atoms with Crippen LogP contribution in [0.25, 0.3) is 0 Å². The summed E-state index contributed by atoms with van der Waals surface area (Å²) in [5, 5.41) is 0. The van der Waals surface area contributed by atoms with Gasteiger partial charge in [-0.25, -0.2) is 0 Å². The fraction of sp³-hybridized carbons (Fsp3) is 0.750. The molecule has 4 nitrogen and oxygen atoms in total. The molecule has 0 bridgehead atoms. The summed E-state index contributed by atoms with van der Waals surface area (Å²) in [6, 6.07) is 0. The van der Waals surface area contributed by atoms with Gasteiger partial charge in [0.1, 0.15) is 6.61 Å². The highest BCUT2D eigenvalue weighted by Crippen LogP contribution is 2.24. The van der Waals surface area contributed by atoms with Gasteiger partial charge in [-0.1, -0.05) is 0 Å². The van der Waals surface area contributed by atoms with Crippen LogP contribution in [-0.4, -0.2) is 40.0 Å². The van der Waals surface area contributed by atoms with E-state index in [1.807, 2.05) is 0 Å². The molecule has 1 aliphatic rings. The summed E-state index contributed by atoms with van der Waals surface area (Å²) in [6.45, 7) is 0.361. The van der Waals surface area contributed by atoms with Crippen LogP contribution in [0.4, 0.5) is 0 Å². The van der Waals surface area contributed by atoms with Crippen molar-refractivity contribution in [3.8, 4) is 0 Å². The topological polar surface area (TPSA) is 36.9 Å². The average molecular weight is 174 g/mol. The number of methoxy groups -OCH3 is 3. The maximum absolute atomic E-state index is 5.41. The van der Waals surface area contributed by atoms with E-state index in [9.17, 15) is 0 Å². The van der Waals surface area contributed by atoms with E-state index in [0.29, 0.717) is 6.61 Å². The average Bonchev–Trinajstić information content (AvgIpc) is 2.50. The van der Waals surface area contributed by atoms with E-state index in [-0.39, 0.29) is 6.29 Å². The molecule has 2 unspecified atom stereocenters. The quantitative estimate of drug-likeness (QED) is 0.583. The minimum Gasteiger partial charge on any atom is -0.379 e. The largest absolute Gasteiger partial charge is 0.379 e. The SMILES string of the molecule is COCC1(OC)C=CC(OC)O1. The fourth-order valence-electron chi connectivity index (χ4n) is 1.09. The molecule has 0 aromatic rings. The third-order valence-electron chi connectivity index (χ3n) is 1.75. The Hall–Kier alpha value is -0.420. The Balaban J connectivity index is 2.55. The second-order valence-electron chi connectivity index (χ2n) is 2.53. The molecule has 0 N–H and O–H groups in total. The van der Waals surface area contributed by atoms with Gasteiger partial charge < -0.3 is 18.9 Å². The molecule has 1 heterocycles. The molecule has 0 aromatic carbocycles. The minimum absolute atomic E-state index is 0.333. The summed E-state index contributed by atoms with van der Waals surface area (Å²) in [6.07, 6.45) is 3.26. The highest BCUT2D eigenvalue weighted by atomic mass is 16.8. The Bertz CT molecular complexity index is 168. The highest BCUT2D eigenvalue weighted by Gasteiger charge is 2.35. The van der Waals surface area contributed by atoms with Crippen molar-refractivity contribution < 1.29 is 18.9 Å². The van der Waals surface area contributed by atoms with Crippen LogP contribution in [0.3, 0.4) is 0 Å². The van der Waals surface area contributed by atoms with Gasteiger partial charge in [0, 0.05) is 21.3 Å². The summed E-state index contributed by atoms with van der Waals surface area (Å²) < 4.78 is 20.5. The zero-order chi connectivity index (χ0) is 9.03. The molecular formula is C8H14O4.